The summed E-state index contributed by atoms with van der Waals surface area (Å²) in [7, 11) is 0. The van der Waals surface area contributed by atoms with Crippen molar-refractivity contribution < 1.29 is 9.59 Å². The van der Waals surface area contributed by atoms with Crippen molar-refractivity contribution in [3.63, 3.8) is 0 Å². The van der Waals surface area contributed by atoms with Gasteiger partial charge >= 0.3 is 0 Å². The van der Waals surface area contributed by atoms with Crippen LogP contribution in [0.3, 0.4) is 0 Å². The first-order valence-electron chi connectivity index (χ1n) is 7.25. The van der Waals surface area contributed by atoms with E-state index in [-0.39, 0.29) is 5.91 Å². The van der Waals surface area contributed by atoms with Gasteiger partial charge in [-0.2, -0.15) is 0 Å². The Morgan fingerprint density at radius 2 is 1.77 bits per heavy atom. The smallest absolute Gasteiger partial charge is 0.248 e. The zero-order valence-corrected chi connectivity index (χ0v) is 12.6. The zero-order chi connectivity index (χ0) is 15.9. The standard InChI is InChI=1S/C18H20N2O2/c1-13-4-2-5-14(10-13)8-9-17(21)20-12-15-6-3-7-16(11-15)18(19)22/h2-7,10-11H,8-9,12H2,1H3,(H2,19,22)(H,20,21). The minimum absolute atomic E-state index is 0.00835. The number of hydrogen-bond acceptors (Lipinski definition) is 2. The third-order valence-electron chi connectivity index (χ3n) is 3.42. The predicted molar refractivity (Wildman–Crippen MR) is 86.3 cm³/mol. The number of amides is 2. The molecule has 2 aromatic carbocycles. The SMILES string of the molecule is Cc1cccc(CCC(=O)NCc2cccc(C(N)=O)c2)c1. The second-order valence-electron chi connectivity index (χ2n) is 5.33. The van der Waals surface area contributed by atoms with Crippen molar-refractivity contribution in [3.8, 4) is 0 Å². The van der Waals surface area contributed by atoms with Crippen molar-refractivity contribution in [3.05, 3.63) is 70.8 Å². The summed E-state index contributed by atoms with van der Waals surface area (Å²) >= 11 is 0. The van der Waals surface area contributed by atoms with Gasteiger partial charge in [0, 0.05) is 18.5 Å². The van der Waals surface area contributed by atoms with Crippen LogP contribution in [0.25, 0.3) is 0 Å². The van der Waals surface area contributed by atoms with Crippen LogP contribution < -0.4 is 11.1 Å². The fraction of sp³-hybridized carbons (Fsp3) is 0.222. The summed E-state index contributed by atoms with van der Waals surface area (Å²) in [6.45, 7) is 2.43. The Bertz CT molecular complexity index is 680. The van der Waals surface area contributed by atoms with Crippen LogP contribution in [0.5, 0.6) is 0 Å². The summed E-state index contributed by atoms with van der Waals surface area (Å²) in [5.74, 6) is -0.474. The van der Waals surface area contributed by atoms with Crippen molar-refractivity contribution in [2.24, 2.45) is 5.73 Å². The quantitative estimate of drug-likeness (QED) is 0.859. The highest BCUT2D eigenvalue weighted by atomic mass is 16.1. The van der Waals surface area contributed by atoms with Crippen molar-refractivity contribution in [2.45, 2.75) is 26.3 Å². The first-order chi connectivity index (χ1) is 10.5. The number of carbonyl (C=O) groups is 2. The average molecular weight is 296 g/mol. The van der Waals surface area contributed by atoms with E-state index in [0.717, 1.165) is 17.5 Å². The molecule has 3 N–H and O–H groups in total. The van der Waals surface area contributed by atoms with E-state index in [2.05, 4.69) is 11.4 Å². The van der Waals surface area contributed by atoms with Crippen molar-refractivity contribution in [1.29, 1.82) is 0 Å². The molecule has 0 atom stereocenters. The Morgan fingerprint density at radius 1 is 1.05 bits per heavy atom. The molecule has 0 fully saturated rings. The lowest BCUT2D eigenvalue weighted by Crippen LogP contribution is -2.23. The van der Waals surface area contributed by atoms with Gasteiger partial charge < -0.3 is 11.1 Å². The average Bonchev–Trinajstić information content (AvgIpc) is 2.51. The van der Waals surface area contributed by atoms with Crippen LogP contribution in [0.2, 0.25) is 0 Å². The molecule has 4 heteroatoms. The molecule has 2 aromatic rings. The molecule has 0 saturated carbocycles. The molecule has 22 heavy (non-hydrogen) atoms. The number of aryl methyl sites for hydroxylation is 2. The third kappa shape index (κ3) is 4.74. The lowest BCUT2D eigenvalue weighted by Gasteiger charge is -2.07. The van der Waals surface area contributed by atoms with Crippen LogP contribution >= 0.6 is 0 Å². The van der Waals surface area contributed by atoms with E-state index < -0.39 is 5.91 Å². The van der Waals surface area contributed by atoms with Gasteiger partial charge in [-0.05, 0) is 36.6 Å². The molecule has 0 radical (unpaired) electrons. The van der Waals surface area contributed by atoms with Gasteiger partial charge in [-0.25, -0.2) is 0 Å². The summed E-state index contributed by atoms with van der Waals surface area (Å²) in [5.41, 5.74) is 8.90. The molecule has 0 aliphatic rings. The molecule has 4 nitrogen and oxygen atoms in total. The van der Waals surface area contributed by atoms with Crippen LogP contribution in [0.1, 0.15) is 33.5 Å². The summed E-state index contributed by atoms with van der Waals surface area (Å²) in [6.07, 6.45) is 1.16. The highest BCUT2D eigenvalue weighted by Crippen LogP contribution is 2.07. The molecule has 0 aromatic heterocycles. The van der Waals surface area contributed by atoms with Gasteiger partial charge in [-0.3, -0.25) is 9.59 Å². The molecule has 0 aliphatic heterocycles. The Kier molecular flexibility index (Phi) is 5.31. The van der Waals surface area contributed by atoms with Gasteiger partial charge in [-0.15, -0.1) is 0 Å². The highest BCUT2D eigenvalue weighted by Gasteiger charge is 2.05. The molecule has 0 saturated heterocycles. The largest absolute Gasteiger partial charge is 0.366 e. The van der Waals surface area contributed by atoms with Crippen LogP contribution in [0, 0.1) is 6.92 Å². The van der Waals surface area contributed by atoms with Gasteiger partial charge in [-0.1, -0.05) is 42.0 Å². The van der Waals surface area contributed by atoms with Gasteiger partial charge in [0.15, 0.2) is 0 Å². The van der Waals surface area contributed by atoms with E-state index in [4.69, 9.17) is 5.73 Å². The summed E-state index contributed by atoms with van der Waals surface area (Å²) in [5, 5.41) is 2.86. The Hall–Kier alpha value is -2.62. The third-order valence-corrected chi connectivity index (χ3v) is 3.42. The van der Waals surface area contributed by atoms with Crippen molar-refractivity contribution in [1.82, 2.24) is 5.32 Å². The number of carbonyl (C=O) groups excluding carboxylic acids is 2. The Labute approximate surface area is 130 Å². The number of rotatable bonds is 6. The number of nitrogens with two attached hydrogens (primary N) is 1. The van der Waals surface area contributed by atoms with Crippen LogP contribution in [-0.4, -0.2) is 11.8 Å². The molecule has 0 bridgehead atoms. The van der Waals surface area contributed by atoms with Crippen LogP contribution in [0.15, 0.2) is 48.5 Å². The molecule has 0 unspecified atom stereocenters. The number of primary amides is 1. The summed E-state index contributed by atoms with van der Waals surface area (Å²) < 4.78 is 0. The maximum Gasteiger partial charge on any atom is 0.248 e. The van der Waals surface area contributed by atoms with Crippen molar-refractivity contribution in [2.75, 3.05) is 0 Å². The minimum Gasteiger partial charge on any atom is -0.366 e. The van der Waals surface area contributed by atoms with E-state index in [1.807, 2.05) is 31.2 Å². The van der Waals surface area contributed by atoms with E-state index in [1.165, 1.54) is 5.56 Å². The van der Waals surface area contributed by atoms with Gasteiger partial charge in [0.25, 0.3) is 0 Å². The molecule has 114 valence electrons. The van der Waals surface area contributed by atoms with Gasteiger partial charge in [0.05, 0.1) is 0 Å². The Morgan fingerprint density at radius 3 is 2.50 bits per heavy atom. The lowest BCUT2D eigenvalue weighted by molar-refractivity contribution is -0.121. The Balaban J connectivity index is 1.83. The molecule has 0 heterocycles. The maximum absolute atomic E-state index is 11.9. The topological polar surface area (TPSA) is 72.2 Å². The molecule has 0 spiro atoms. The first kappa shape index (κ1) is 15.8. The highest BCUT2D eigenvalue weighted by molar-refractivity contribution is 5.92. The van der Waals surface area contributed by atoms with E-state index in [9.17, 15) is 9.59 Å². The maximum atomic E-state index is 11.9. The lowest BCUT2D eigenvalue weighted by atomic mass is 10.1. The van der Waals surface area contributed by atoms with E-state index >= 15 is 0 Å². The first-order valence-corrected chi connectivity index (χ1v) is 7.25. The fourth-order valence-corrected chi connectivity index (χ4v) is 2.25. The van der Waals surface area contributed by atoms with Crippen molar-refractivity contribution >= 4 is 11.8 Å². The molecule has 0 aliphatic carbocycles. The fourth-order valence-electron chi connectivity index (χ4n) is 2.25. The minimum atomic E-state index is -0.465. The number of hydrogen-bond donors (Lipinski definition) is 2. The molecule has 2 amide bonds. The van der Waals surface area contributed by atoms with Gasteiger partial charge in [0.2, 0.25) is 11.8 Å². The van der Waals surface area contributed by atoms with E-state index in [0.29, 0.717) is 18.5 Å². The second-order valence-corrected chi connectivity index (χ2v) is 5.33. The van der Waals surface area contributed by atoms with Crippen LogP contribution in [0.4, 0.5) is 0 Å². The summed E-state index contributed by atoms with van der Waals surface area (Å²) in [6, 6.07) is 15.1. The molecular formula is C18H20N2O2. The van der Waals surface area contributed by atoms with Crippen LogP contribution in [-0.2, 0) is 17.8 Å². The molecule has 2 rings (SSSR count). The second kappa shape index (κ2) is 7.41. The van der Waals surface area contributed by atoms with Gasteiger partial charge in [0.1, 0.15) is 0 Å². The normalized spacial score (nSPS) is 10.2. The summed E-state index contributed by atoms with van der Waals surface area (Å²) in [4.78, 5) is 23.0. The van der Waals surface area contributed by atoms with E-state index in [1.54, 1.807) is 18.2 Å². The zero-order valence-electron chi connectivity index (χ0n) is 12.6. The monoisotopic (exact) mass is 296 g/mol. The molecular weight excluding hydrogens is 276 g/mol. The number of benzene rings is 2. The predicted octanol–water partition coefficient (Wildman–Crippen LogP) is 2.34. The number of nitrogens with one attached hydrogen (secondary N) is 1.